The zero-order valence-corrected chi connectivity index (χ0v) is 15.6. The van der Waals surface area contributed by atoms with Crippen LogP contribution in [0.2, 0.25) is 0 Å². The first-order valence-corrected chi connectivity index (χ1v) is 8.99. The van der Waals surface area contributed by atoms with Crippen LogP contribution < -0.4 is 5.32 Å². The van der Waals surface area contributed by atoms with Gasteiger partial charge in [0, 0.05) is 21.6 Å². The molecule has 1 N–H and O–H groups in total. The SMILES string of the molecule is CC(C)(Nc1ccc(Br)cc1)C(c1ccccc1)c1ccccc1. The molecule has 1 nitrogen and oxygen atoms in total. The predicted molar refractivity (Wildman–Crippen MR) is 107 cm³/mol. The lowest BCUT2D eigenvalue weighted by Gasteiger charge is -2.37. The van der Waals surface area contributed by atoms with E-state index in [4.69, 9.17) is 0 Å². The lowest BCUT2D eigenvalue weighted by atomic mass is 9.77. The van der Waals surface area contributed by atoms with Crippen molar-refractivity contribution in [2.24, 2.45) is 0 Å². The van der Waals surface area contributed by atoms with Gasteiger partial charge in [-0.1, -0.05) is 76.6 Å². The third kappa shape index (κ3) is 3.88. The minimum Gasteiger partial charge on any atom is -0.379 e. The van der Waals surface area contributed by atoms with Gasteiger partial charge >= 0.3 is 0 Å². The van der Waals surface area contributed by atoms with Crippen LogP contribution in [0.3, 0.4) is 0 Å². The molecule has 3 aromatic carbocycles. The van der Waals surface area contributed by atoms with E-state index in [2.05, 4.69) is 120 Å². The van der Waals surface area contributed by atoms with Crippen molar-refractivity contribution in [1.82, 2.24) is 0 Å². The average Bonchev–Trinajstić information content (AvgIpc) is 2.59. The Kier molecular flexibility index (Phi) is 5.06. The maximum atomic E-state index is 3.72. The van der Waals surface area contributed by atoms with E-state index < -0.39 is 0 Å². The highest BCUT2D eigenvalue weighted by Crippen LogP contribution is 2.37. The fourth-order valence-electron chi connectivity index (χ4n) is 3.29. The third-order valence-electron chi connectivity index (χ3n) is 4.30. The van der Waals surface area contributed by atoms with Crippen LogP contribution in [0.15, 0.2) is 89.4 Å². The molecule has 0 fully saturated rings. The molecule has 0 heterocycles. The second-order valence-electron chi connectivity index (χ2n) is 6.61. The summed E-state index contributed by atoms with van der Waals surface area (Å²) in [5.74, 6) is 0.253. The van der Waals surface area contributed by atoms with Crippen LogP contribution >= 0.6 is 15.9 Å². The van der Waals surface area contributed by atoms with Gasteiger partial charge in [-0.05, 0) is 49.2 Å². The Morgan fingerprint density at radius 1 is 0.708 bits per heavy atom. The molecule has 0 unspecified atom stereocenters. The van der Waals surface area contributed by atoms with E-state index in [1.165, 1.54) is 11.1 Å². The predicted octanol–water partition coefficient (Wildman–Crippen LogP) is 6.47. The molecule has 0 bridgehead atoms. The Morgan fingerprint density at radius 3 is 1.62 bits per heavy atom. The maximum absolute atomic E-state index is 3.72. The third-order valence-corrected chi connectivity index (χ3v) is 4.83. The Hall–Kier alpha value is -2.06. The fourth-order valence-corrected chi connectivity index (χ4v) is 3.56. The molecule has 0 aromatic heterocycles. The van der Waals surface area contributed by atoms with Gasteiger partial charge in [-0.2, -0.15) is 0 Å². The number of rotatable bonds is 5. The summed E-state index contributed by atoms with van der Waals surface area (Å²) in [6, 6.07) is 29.8. The fraction of sp³-hybridized carbons (Fsp3) is 0.182. The Labute approximate surface area is 152 Å². The van der Waals surface area contributed by atoms with Crippen LogP contribution in [0.4, 0.5) is 5.69 Å². The summed E-state index contributed by atoms with van der Waals surface area (Å²) in [5.41, 5.74) is 3.62. The van der Waals surface area contributed by atoms with Crippen molar-refractivity contribution in [3.63, 3.8) is 0 Å². The van der Waals surface area contributed by atoms with Crippen molar-refractivity contribution >= 4 is 21.6 Å². The summed E-state index contributed by atoms with van der Waals surface area (Å²) >= 11 is 3.50. The van der Waals surface area contributed by atoms with E-state index in [0.29, 0.717) is 0 Å². The maximum Gasteiger partial charge on any atom is 0.0426 e. The first kappa shape index (κ1) is 16.8. The molecule has 2 heteroatoms. The summed E-state index contributed by atoms with van der Waals surface area (Å²) in [5, 5.41) is 3.72. The number of benzene rings is 3. The van der Waals surface area contributed by atoms with Crippen LogP contribution in [0.25, 0.3) is 0 Å². The molecule has 24 heavy (non-hydrogen) atoms. The van der Waals surface area contributed by atoms with Gasteiger partial charge in [0.1, 0.15) is 0 Å². The molecule has 0 aliphatic heterocycles. The Bertz CT molecular complexity index is 725. The highest BCUT2D eigenvalue weighted by Gasteiger charge is 2.32. The molecule has 0 aliphatic rings. The topological polar surface area (TPSA) is 12.0 Å². The molecule has 3 rings (SSSR count). The van der Waals surface area contributed by atoms with E-state index in [-0.39, 0.29) is 11.5 Å². The summed E-state index contributed by atoms with van der Waals surface area (Å²) < 4.78 is 1.09. The van der Waals surface area contributed by atoms with Crippen LogP contribution in [0.1, 0.15) is 30.9 Å². The van der Waals surface area contributed by atoms with Crippen molar-refractivity contribution in [1.29, 1.82) is 0 Å². The van der Waals surface area contributed by atoms with Gasteiger partial charge in [-0.25, -0.2) is 0 Å². The molecule has 3 aromatic rings. The zero-order chi connectivity index (χ0) is 17.0. The number of nitrogens with one attached hydrogen (secondary N) is 1. The standard InChI is InChI=1S/C22H22BrN/c1-22(2,24-20-15-13-19(23)14-16-20)21(17-9-5-3-6-10-17)18-11-7-4-8-12-18/h3-16,21,24H,1-2H3. The summed E-state index contributed by atoms with van der Waals surface area (Å²) in [6.07, 6.45) is 0. The first-order chi connectivity index (χ1) is 11.6. The molecule has 0 aliphatic carbocycles. The zero-order valence-electron chi connectivity index (χ0n) is 14.0. The molecule has 122 valence electrons. The van der Waals surface area contributed by atoms with Gasteiger partial charge in [-0.15, -0.1) is 0 Å². The molecule has 0 radical (unpaired) electrons. The molecule has 0 spiro atoms. The monoisotopic (exact) mass is 379 g/mol. The molecule has 0 amide bonds. The lowest BCUT2D eigenvalue weighted by Crippen LogP contribution is -2.38. The lowest BCUT2D eigenvalue weighted by molar-refractivity contribution is 0.498. The summed E-state index contributed by atoms with van der Waals surface area (Å²) in [7, 11) is 0. The van der Waals surface area contributed by atoms with Gasteiger partial charge in [0.15, 0.2) is 0 Å². The minimum absolute atomic E-state index is 0.142. The van der Waals surface area contributed by atoms with Crippen LogP contribution in [-0.4, -0.2) is 5.54 Å². The van der Waals surface area contributed by atoms with Crippen LogP contribution in [-0.2, 0) is 0 Å². The largest absolute Gasteiger partial charge is 0.379 e. The van der Waals surface area contributed by atoms with Gasteiger partial charge < -0.3 is 5.32 Å². The van der Waals surface area contributed by atoms with Gasteiger partial charge in [0.25, 0.3) is 0 Å². The minimum atomic E-state index is -0.142. The second-order valence-corrected chi connectivity index (χ2v) is 7.52. The first-order valence-electron chi connectivity index (χ1n) is 8.20. The van der Waals surface area contributed by atoms with Crippen molar-refractivity contribution < 1.29 is 0 Å². The Morgan fingerprint density at radius 2 is 1.17 bits per heavy atom. The van der Waals surface area contributed by atoms with Crippen LogP contribution in [0.5, 0.6) is 0 Å². The molecule has 0 atom stereocenters. The number of halogens is 1. The highest BCUT2D eigenvalue weighted by atomic mass is 79.9. The quantitative estimate of drug-likeness (QED) is 0.535. The van der Waals surface area contributed by atoms with Gasteiger partial charge in [0.2, 0.25) is 0 Å². The van der Waals surface area contributed by atoms with Gasteiger partial charge in [0.05, 0.1) is 0 Å². The molecule has 0 saturated carbocycles. The normalized spacial score (nSPS) is 11.5. The van der Waals surface area contributed by atoms with E-state index in [9.17, 15) is 0 Å². The van der Waals surface area contributed by atoms with E-state index in [1.807, 2.05) is 0 Å². The molecule has 0 saturated heterocycles. The van der Waals surface area contributed by atoms with E-state index in [0.717, 1.165) is 10.2 Å². The highest BCUT2D eigenvalue weighted by molar-refractivity contribution is 9.10. The second kappa shape index (κ2) is 7.23. The van der Waals surface area contributed by atoms with Crippen LogP contribution in [0, 0.1) is 0 Å². The number of anilines is 1. The number of hydrogen-bond acceptors (Lipinski definition) is 1. The van der Waals surface area contributed by atoms with Crippen molar-refractivity contribution in [2.75, 3.05) is 5.32 Å². The van der Waals surface area contributed by atoms with Crippen molar-refractivity contribution in [3.8, 4) is 0 Å². The summed E-state index contributed by atoms with van der Waals surface area (Å²) in [6.45, 7) is 4.53. The van der Waals surface area contributed by atoms with E-state index >= 15 is 0 Å². The van der Waals surface area contributed by atoms with E-state index in [1.54, 1.807) is 0 Å². The number of hydrogen-bond donors (Lipinski definition) is 1. The van der Waals surface area contributed by atoms with Crippen molar-refractivity contribution in [2.45, 2.75) is 25.3 Å². The molecular weight excluding hydrogens is 358 g/mol. The average molecular weight is 380 g/mol. The van der Waals surface area contributed by atoms with Gasteiger partial charge in [-0.3, -0.25) is 0 Å². The van der Waals surface area contributed by atoms with Crippen molar-refractivity contribution in [3.05, 3.63) is 101 Å². The molecular formula is C22H22BrN. The Balaban J connectivity index is 1.99. The smallest absolute Gasteiger partial charge is 0.0426 e. The summed E-state index contributed by atoms with van der Waals surface area (Å²) in [4.78, 5) is 0.